The van der Waals surface area contributed by atoms with Gasteiger partial charge in [-0.1, -0.05) is 18.2 Å². The van der Waals surface area contributed by atoms with Crippen LogP contribution in [0.1, 0.15) is 28.8 Å². The molecule has 39 heavy (non-hydrogen) atoms. The number of allylic oxidation sites excluding steroid dienone is 1. The third-order valence-electron chi connectivity index (χ3n) is 8.01. The number of para-hydroxylation sites is 1. The second kappa shape index (κ2) is 10.7. The van der Waals surface area contributed by atoms with E-state index in [1.165, 1.54) is 0 Å². The Morgan fingerprint density at radius 2 is 1.54 bits per heavy atom. The molecule has 8 nitrogen and oxygen atoms in total. The van der Waals surface area contributed by atoms with Crippen LogP contribution in [-0.2, 0) is 10.0 Å². The fraction of sp³-hybridized carbons (Fsp3) is 0.400. The Morgan fingerprint density at radius 1 is 0.872 bits per heavy atom. The smallest absolute Gasteiger partial charge is 0.217 e. The fourth-order valence-corrected chi connectivity index (χ4v) is 7.22. The normalized spacial score (nSPS) is 19.7. The molecule has 3 aromatic rings. The van der Waals surface area contributed by atoms with Gasteiger partial charge in [-0.05, 0) is 68.4 Å². The number of hydrogen-bond acceptors (Lipinski definition) is 7. The van der Waals surface area contributed by atoms with Crippen LogP contribution in [0.4, 0.5) is 11.5 Å². The van der Waals surface area contributed by atoms with E-state index < -0.39 is 10.0 Å². The van der Waals surface area contributed by atoms with Gasteiger partial charge in [0.1, 0.15) is 5.82 Å². The van der Waals surface area contributed by atoms with Gasteiger partial charge in [0.15, 0.2) is 5.78 Å². The van der Waals surface area contributed by atoms with Gasteiger partial charge in [-0.25, -0.2) is 13.4 Å². The van der Waals surface area contributed by atoms with Crippen LogP contribution in [0.2, 0.25) is 0 Å². The summed E-state index contributed by atoms with van der Waals surface area (Å²) in [6.07, 6.45) is 5.12. The van der Waals surface area contributed by atoms with E-state index >= 15 is 0 Å². The van der Waals surface area contributed by atoms with Crippen molar-refractivity contribution >= 4 is 44.3 Å². The predicted molar refractivity (Wildman–Crippen MR) is 157 cm³/mol. The molecule has 3 aliphatic rings. The van der Waals surface area contributed by atoms with E-state index in [-0.39, 0.29) is 11.0 Å². The molecule has 2 saturated heterocycles. The van der Waals surface area contributed by atoms with Crippen LogP contribution in [0.3, 0.4) is 0 Å². The maximum atomic E-state index is 13.1. The van der Waals surface area contributed by atoms with Crippen molar-refractivity contribution in [2.24, 2.45) is 0 Å². The first-order chi connectivity index (χ1) is 18.9. The summed E-state index contributed by atoms with van der Waals surface area (Å²) in [6.45, 7) is 6.10. The fourth-order valence-electron chi connectivity index (χ4n) is 5.39. The summed E-state index contributed by atoms with van der Waals surface area (Å²) in [6, 6.07) is 17.8. The SMILES string of the molecule is CN1CCN(c2nc3ccccc3cc2/C=C/C(=O)c2ccc(N3CCN(S(=O)(=O)C4CC4)CC3)cc2)CC1. The minimum atomic E-state index is -3.12. The number of rotatable bonds is 7. The summed E-state index contributed by atoms with van der Waals surface area (Å²) >= 11 is 0. The summed E-state index contributed by atoms with van der Waals surface area (Å²) < 4.78 is 26.7. The second-order valence-electron chi connectivity index (χ2n) is 10.8. The van der Waals surface area contributed by atoms with Crippen LogP contribution < -0.4 is 9.80 Å². The van der Waals surface area contributed by atoms with Crippen molar-refractivity contribution in [3.8, 4) is 0 Å². The molecule has 9 heteroatoms. The molecule has 0 spiro atoms. The number of aromatic nitrogens is 1. The molecular weight excluding hydrogens is 510 g/mol. The van der Waals surface area contributed by atoms with Gasteiger partial charge in [-0.2, -0.15) is 4.31 Å². The lowest BCUT2D eigenvalue weighted by molar-refractivity contribution is 0.104. The van der Waals surface area contributed by atoms with Crippen LogP contribution >= 0.6 is 0 Å². The second-order valence-corrected chi connectivity index (χ2v) is 13.0. The highest BCUT2D eigenvalue weighted by atomic mass is 32.2. The number of ketones is 1. The van der Waals surface area contributed by atoms with Crippen molar-refractivity contribution < 1.29 is 13.2 Å². The lowest BCUT2D eigenvalue weighted by Gasteiger charge is -2.35. The molecule has 204 valence electrons. The number of piperazine rings is 2. The van der Waals surface area contributed by atoms with Gasteiger partial charge in [0, 0.05) is 74.6 Å². The molecule has 0 atom stereocenters. The number of hydrogen-bond donors (Lipinski definition) is 0. The van der Waals surface area contributed by atoms with Gasteiger partial charge in [0.05, 0.1) is 10.8 Å². The average Bonchev–Trinajstić information content (AvgIpc) is 3.83. The molecule has 0 amide bonds. The Labute approximate surface area is 230 Å². The van der Waals surface area contributed by atoms with Crippen molar-refractivity contribution in [1.82, 2.24) is 14.2 Å². The molecule has 0 N–H and O–H groups in total. The lowest BCUT2D eigenvalue weighted by atomic mass is 10.1. The predicted octanol–water partition coefficient (Wildman–Crippen LogP) is 3.50. The molecule has 0 radical (unpaired) electrons. The third-order valence-corrected chi connectivity index (χ3v) is 10.4. The summed E-state index contributed by atoms with van der Waals surface area (Å²) in [5, 5.41) is 0.891. The summed E-state index contributed by atoms with van der Waals surface area (Å²) in [4.78, 5) is 24.9. The Balaban J connectivity index is 1.15. The summed E-state index contributed by atoms with van der Waals surface area (Å²) in [7, 11) is -0.988. The molecule has 0 bridgehead atoms. The van der Waals surface area contributed by atoms with Crippen molar-refractivity contribution in [1.29, 1.82) is 0 Å². The minimum absolute atomic E-state index is 0.0561. The quantitative estimate of drug-likeness (QED) is 0.332. The third kappa shape index (κ3) is 5.57. The lowest BCUT2D eigenvalue weighted by Crippen LogP contribution is -2.49. The number of carbonyl (C=O) groups excluding carboxylic acids is 1. The Kier molecular flexibility index (Phi) is 7.14. The van der Waals surface area contributed by atoms with E-state index in [0.717, 1.165) is 67.0 Å². The van der Waals surface area contributed by atoms with Gasteiger partial charge in [-0.15, -0.1) is 0 Å². The first-order valence-corrected chi connectivity index (χ1v) is 15.3. The van der Waals surface area contributed by atoms with Crippen molar-refractivity contribution in [2.45, 2.75) is 18.1 Å². The molecular formula is C30H35N5O3S. The van der Waals surface area contributed by atoms with Crippen LogP contribution in [0.15, 0.2) is 60.7 Å². The van der Waals surface area contributed by atoms with Crippen LogP contribution in [0, 0.1) is 0 Å². The van der Waals surface area contributed by atoms with E-state index in [1.807, 2.05) is 48.5 Å². The first-order valence-electron chi connectivity index (χ1n) is 13.8. The van der Waals surface area contributed by atoms with Gasteiger partial charge in [0.2, 0.25) is 10.0 Å². The molecule has 3 heterocycles. The van der Waals surface area contributed by atoms with E-state index in [9.17, 15) is 13.2 Å². The number of benzene rings is 2. The number of anilines is 2. The van der Waals surface area contributed by atoms with Gasteiger partial charge < -0.3 is 14.7 Å². The van der Waals surface area contributed by atoms with E-state index in [2.05, 4.69) is 33.9 Å². The van der Waals surface area contributed by atoms with Gasteiger partial charge in [-0.3, -0.25) is 4.79 Å². The zero-order valence-electron chi connectivity index (χ0n) is 22.4. The molecule has 1 aliphatic carbocycles. The maximum Gasteiger partial charge on any atom is 0.217 e. The van der Waals surface area contributed by atoms with Crippen LogP contribution in [0.25, 0.3) is 17.0 Å². The number of fused-ring (bicyclic) bond motifs is 1. The Bertz CT molecular complexity index is 1480. The Hall–Kier alpha value is -3.27. The standard InChI is InChI=1S/C30H35N5O3S/c1-32-14-16-34(17-15-32)30-25(22-24-4-2-3-5-28(24)31-30)8-13-29(36)23-6-9-26(10-7-23)33-18-20-35(21-19-33)39(37,38)27-11-12-27/h2-10,13,22,27H,11-12,14-21H2,1H3/b13-8+. The molecule has 6 rings (SSSR count). The highest BCUT2D eigenvalue weighted by Crippen LogP contribution is 2.32. The average molecular weight is 546 g/mol. The molecule has 2 aromatic carbocycles. The summed E-state index contributed by atoms with van der Waals surface area (Å²) in [5.74, 6) is 0.864. The Morgan fingerprint density at radius 3 is 2.23 bits per heavy atom. The molecule has 1 saturated carbocycles. The molecule has 2 aliphatic heterocycles. The molecule has 0 unspecified atom stereocenters. The topological polar surface area (TPSA) is 77.1 Å². The monoisotopic (exact) mass is 545 g/mol. The summed E-state index contributed by atoms with van der Waals surface area (Å²) in [5.41, 5.74) is 3.54. The number of likely N-dealkylation sites (N-methyl/N-ethyl adjacent to an activating group) is 1. The van der Waals surface area contributed by atoms with Crippen LogP contribution in [0.5, 0.6) is 0 Å². The van der Waals surface area contributed by atoms with Gasteiger partial charge in [0.25, 0.3) is 0 Å². The highest BCUT2D eigenvalue weighted by molar-refractivity contribution is 7.90. The van der Waals surface area contributed by atoms with Crippen molar-refractivity contribution in [3.63, 3.8) is 0 Å². The van der Waals surface area contributed by atoms with E-state index in [0.29, 0.717) is 31.7 Å². The first kappa shape index (κ1) is 26.0. The highest BCUT2D eigenvalue weighted by Gasteiger charge is 2.41. The van der Waals surface area contributed by atoms with Crippen LogP contribution in [-0.4, -0.2) is 93.0 Å². The molecule has 3 fully saturated rings. The van der Waals surface area contributed by atoms with Crippen molar-refractivity contribution in [2.75, 3.05) is 69.2 Å². The van der Waals surface area contributed by atoms with E-state index in [1.54, 1.807) is 10.4 Å². The van der Waals surface area contributed by atoms with E-state index in [4.69, 9.17) is 4.98 Å². The van der Waals surface area contributed by atoms with Gasteiger partial charge >= 0.3 is 0 Å². The zero-order chi connectivity index (χ0) is 27.0. The minimum Gasteiger partial charge on any atom is -0.369 e. The molecule has 1 aromatic heterocycles. The number of pyridine rings is 1. The largest absolute Gasteiger partial charge is 0.369 e. The van der Waals surface area contributed by atoms with Crippen molar-refractivity contribution in [3.05, 3.63) is 71.8 Å². The number of nitrogens with zero attached hydrogens (tertiary/aromatic N) is 5. The maximum absolute atomic E-state index is 13.1. The zero-order valence-corrected chi connectivity index (χ0v) is 23.2. The number of sulfonamides is 1. The number of carbonyl (C=O) groups is 1.